The molecule has 0 radical (unpaired) electrons. The van der Waals surface area contributed by atoms with E-state index >= 15 is 0 Å². The van der Waals surface area contributed by atoms with Crippen molar-refractivity contribution in [1.82, 2.24) is 10.2 Å². The van der Waals surface area contributed by atoms with Gasteiger partial charge in [-0.25, -0.2) is 0 Å². The van der Waals surface area contributed by atoms with Crippen molar-refractivity contribution < 1.29 is 4.79 Å². The van der Waals surface area contributed by atoms with Gasteiger partial charge in [0.1, 0.15) is 0 Å². The molecule has 1 amide bonds. The van der Waals surface area contributed by atoms with E-state index < -0.39 is 0 Å². The molecule has 1 fully saturated rings. The van der Waals surface area contributed by atoms with Gasteiger partial charge < -0.3 is 10.2 Å². The van der Waals surface area contributed by atoms with E-state index in [1.54, 1.807) is 0 Å². The molecule has 3 nitrogen and oxygen atoms in total. The van der Waals surface area contributed by atoms with Crippen molar-refractivity contribution in [1.29, 1.82) is 0 Å². The fourth-order valence-electron chi connectivity index (χ4n) is 2.67. The fraction of sp³-hybridized carbons (Fsp3) is 0.562. The van der Waals surface area contributed by atoms with Gasteiger partial charge in [-0.2, -0.15) is 0 Å². The highest BCUT2D eigenvalue weighted by Crippen LogP contribution is 2.17. The van der Waals surface area contributed by atoms with Crippen LogP contribution in [0.15, 0.2) is 24.3 Å². The number of piperidine rings is 1. The summed E-state index contributed by atoms with van der Waals surface area (Å²) in [5.74, 6) is 0.738. The van der Waals surface area contributed by atoms with Gasteiger partial charge in [0.2, 0.25) is 0 Å². The molecule has 20 heavy (non-hydrogen) atoms. The molecule has 0 aliphatic carbocycles. The lowest BCUT2D eigenvalue weighted by Gasteiger charge is -2.33. The normalized spacial score (nSPS) is 19.1. The molecule has 4 heteroatoms. The molecule has 1 N–H and O–H groups in total. The van der Waals surface area contributed by atoms with E-state index in [1.165, 1.54) is 12.8 Å². The number of benzene rings is 1. The Hall–Kier alpha value is -0.620. The number of nitrogens with zero attached hydrogens (tertiary/aromatic N) is 1. The first-order valence-corrected chi connectivity index (χ1v) is 8.43. The highest BCUT2D eigenvalue weighted by Gasteiger charge is 2.23. The third-order valence-electron chi connectivity index (χ3n) is 3.81. The molecule has 0 spiro atoms. The number of hydrogen-bond acceptors (Lipinski definition) is 2. The Morgan fingerprint density at radius 2 is 2.30 bits per heavy atom. The van der Waals surface area contributed by atoms with Crippen LogP contribution in [-0.4, -0.2) is 36.5 Å². The molecule has 0 aromatic heterocycles. The van der Waals surface area contributed by atoms with E-state index in [0.717, 1.165) is 28.8 Å². The summed E-state index contributed by atoms with van der Waals surface area (Å²) in [7, 11) is 0. The number of carbonyl (C=O) groups excluding carboxylic acids is 1. The first-order chi connectivity index (χ1) is 9.58. The summed E-state index contributed by atoms with van der Waals surface area (Å²) in [5.41, 5.74) is 0.800. The first kappa shape index (κ1) is 15.8. The Labute approximate surface area is 135 Å². The molecular formula is C16H23IN2O. The summed E-state index contributed by atoms with van der Waals surface area (Å²) in [5, 5.41) is 3.43. The molecular weight excluding hydrogens is 363 g/mol. The first-order valence-electron chi connectivity index (χ1n) is 7.35. The van der Waals surface area contributed by atoms with Gasteiger partial charge in [0.15, 0.2) is 0 Å². The predicted octanol–water partition coefficient (Wildman–Crippen LogP) is 3.14. The Kier molecular flexibility index (Phi) is 5.84. The quantitative estimate of drug-likeness (QED) is 0.807. The van der Waals surface area contributed by atoms with Gasteiger partial charge in [-0.05, 0) is 86.5 Å². The van der Waals surface area contributed by atoms with Crippen LogP contribution < -0.4 is 5.32 Å². The monoisotopic (exact) mass is 386 g/mol. The summed E-state index contributed by atoms with van der Waals surface area (Å²) in [6.45, 7) is 7.20. The van der Waals surface area contributed by atoms with E-state index in [-0.39, 0.29) is 11.9 Å². The van der Waals surface area contributed by atoms with Gasteiger partial charge in [-0.1, -0.05) is 6.07 Å². The van der Waals surface area contributed by atoms with Crippen LogP contribution in [-0.2, 0) is 0 Å². The molecule has 110 valence electrons. The maximum Gasteiger partial charge on any atom is 0.254 e. The van der Waals surface area contributed by atoms with Crippen molar-refractivity contribution in [2.75, 3.05) is 19.6 Å². The molecule has 2 rings (SSSR count). The van der Waals surface area contributed by atoms with Crippen LogP contribution in [0.1, 0.15) is 37.0 Å². The Balaban J connectivity index is 2.09. The molecule has 0 bridgehead atoms. The zero-order valence-electron chi connectivity index (χ0n) is 12.2. The molecule has 1 atom stereocenters. The molecule has 1 aromatic carbocycles. The van der Waals surface area contributed by atoms with Crippen molar-refractivity contribution in [2.24, 2.45) is 5.92 Å². The van der Waals surface area contributed by atoms with Crippen molar-refractivity contribution in [2.45, 2.75) is 32.7 Å². The standard InChI is InChI=1S/C16H23IN2O/c1-12(2)19(11-13-5-4-8-18-10-13)16(20)14-6-3-7-15(17)9-14/h3,6-7,9,12-13,18H,4-5,8,10-11H2,1-2H3. The zero-order chi connectivity index (χ0) is 14.5. The number of rotatable bonds is 4. The lowest BCUT2D eigenvalue weighted by Crippen LogP contribution is -2.44. The van der Waals surface area contributed by atoms with Crippen LogP contribution in [0.3, 0.4) is 0 Å². The number of carbonyl (C=O) groups is 1. The number of hydrogen-bond donors (Lipinski definition) is 1. The van der Waals surface area contributed by atoms with Crippen LogP contribution in [0.5, 0.6) is 0 Å². The van der Waals surface area contributed by atoms with Crippen molar-refractivity contribution in [3.05, 3.63) is 33.4 Å². The SMILES string of the molecule is CC(C)N(CC1CCCNC1)C(=O)c1cccc(I)c1. The fourth-order valence-corrected chi connectivity index (χ4v) is 3.22. The zero-order valence-corrected chi connectivity index (χ0v) is 14.4. The Bertz CT molecular complexity index is 456. The number of halogens is 1. The lowest BCUT2D eigenvalue weighted by atomic mass is 9.98. The lowest BCUT2D eigenvalue weighted by molar-refractivity contribution is 0.0661. The third-order valence-corrected chi connectivity index (χ3v) is 4.48. The van der Waals surface area contributed by atoms with E-state index in [2.05, 4.69) is 41.8 Å². The minimum Gasteiger partial charge on any atom is -0.336 e. The summed E-state index contributed by atoms with van der Waals surface area (Å²) < 4.78 is 1.11. The van der Waals surface area contributed by atoms with E-state index in [9.17, 15) is 4.79 Å². The second-order valence-corrected chi connectivity index (χ2v) is 7.02. The van der Waals surface area contributed by atoms with E-state index in [1.807, 2.05) is 29.2 Å². The average Bonchev–Trinajstić information content (AvgIpc) is 2.45. The molecule has 1 aromatic rings. The maximum absolute atomic E-state index is 12.7. The minimum atomic E-state index is 0.157. The smallest absolute Gasteiger partial charge is 0.254 e. The van der Waals surface area contributed by atoms with Crippen molar-refractivity contribution in [3.63, 3.8) is 0 Å². The summed E-state index contributed by atoms with van der Waals surface area (Å²) >= 11 is 2.25. The molecule has 1 aliphatic rings. The topological polar surface area (TPSA) is 32.3 Å². The second kappa shape index (κ2) is 7.41. The van der Waals surface area contributed by atoms with Gasteiger partial charge in [0.25, 0.3) is 5.91 Å². The summed E-state index contributed by atoms with van der Waals surface area (Å²) in [4.78, 5) is 14.7. The molecule has 1 saturated heterocycles. The highest BCUT2D eigenvalue weighted by atomic mass is 127. The largest absolute Gasteiger partial charge is 0.336 e. The summed E-state index contributed by atoms with van der Waals surface area (Å²) in [6.07, 6.45) is 2.43. The van der Waals surface area contributed by atoms with Gasteiger partial charge >= 0.3 is 0 Å². The summed E-state index contributed by atoms with van der Waals surface area (Å²) in [6, 6.07) is 8.09. The van der Waals surface area contributed by atoms with Gasteiger partial charge in [-0.3, -0.25) is 4.79 Å². The van der Waals surface area contributed by atoms with Crippen LogP contribution >= 0.6 is 22.6 Å². The van der Waals surface area contributed by atoms with Gasteiger partial charge in [0.05, 0.1) is 0 Å². The van der Waals surface area contributed by atoms with E-state index in [4.69, 9.17) is 0 Å². The van der Waals surface area contributed by atoms with Crippen molar-refractivity contribution >= 4 is 28.5 Å². The molecule has 0 saturated carbocycles. The molecule has 1 unspecified atom stereocenters. The molecule has 1 aliphatic heterocycles. The van der Waals surface area contributed by atoms with Crippen LogP contribution in [0.25, 0.3) is 0 Å². The Morgan fingerprint density at radius 1 is 1.50 bits per heavy atom. The van der Waals surface area contributed by atoms with Gasteiger partial charge in [0, 0.05) is 21.7 Å². The number of nitrogens with one attached hydrogen (secondary N) is 1. The van der Waals surface area contributed by atoms with Gasteiger partial charge in [-0.15, -0.1) is 0 Å². The third kappa shape index (κ3) is 4.19. The van der Waals surface area contributed by atoms with Crippen LogP contribution in [0, 0.1) is 9.49 Å². The Morgan fingerprint density at radius 3 is 2.90 bits per heavy atom. The maximum atomic E-state index is 12.7. The van der Waals surface area contributed by atoms with Crippen molar-refractivity contribution in [3.8, 4) is 0 Å². The predicted molar refractivity (Wildman–Crippen MR) is 90.9 cm³/mol. The minimum absolute atomic E-state index is 0.157. The van der Waals surface area contributed by atoms with Crippen LogP contribution in [0.4, 0.5) is 0 Å². The molecule has 1 heterocycles. The highest BCUT2D eigenvalue weighted by molar-refractivity contribution is 14.1. The number of amides is 1. The van der Waals surface area contributed by atoms with E-state index in [0.29, 0.717) is 5.92 Å². The second-order valence-electron chi connectivity index (χ2n) is 5.77. The average molecular weight is 386 g/mol. The van der Waals surface area contributed by atoms with Crippen LogP contribution in [0.2, 0.25) is 0 Å².